The summed E-state index contributed by atoms with van der Waals surface area (Å²) in [5.74, 6) is 0. The molecule has 0 bridgehead atoms. The summed E-state index contributed by atoms with van der Waals surface area (Å²) in [6, 6.07) is 7.31. The van der Waals surface area contributed by atoms with Crippen molar-refractivity contribution >= 4 is 96.7 Å². The molecule has 0 unspecified atom stereocenters. The number of nitro groups is 1. The number of hydrogen-bond acceptors (Lipinski definition) is 4. The quantitative estimate of drug-likeness (QED) is 0.154. The Morgan fingerprint density at radius 3 is 1.92 bits per heavy atom. The van der Waals surface area contributed by atoms with Gasteiger partial charge in [-0.15, -0.1) is 0 Å². The molecule has 0 aliphatic rings. The van der Waals surface area contributed by atoms with Crippen LogP contribution in [0.15, 0.2) is 46.6 Å². The van der Waals surface area contributed by atoms with Crippen LogP contribution in [0.4, 0.5) is 17.1 Å². The van der Waals surface area contributed by atoms with E-state index in [1.807, 2.05) is 12.1 Å². The predicted molar refractivity (Wildman–Crippen MR) is 121 cm³/mol. The zero-order valence-corrected chi connectivity index (χ0v) is 21.0. The van der Waals surface area contributed by atoms with E-state index >= 15 is 0 Å². The van der Waals surface area contributed by atoms with Gasteiger partial charge < -0.3 is 11.1 Å². The Hall–Kier alpha value is -0.160. The van der Waals surface area contributed by atoms with E-state index in [0.717, 1.165) is 24.8 Å². The zero-order chi connectivity index (χ0) is 19.3. The molecule has 0 radical (unpaired) electrons. The lowest BCUT2D eigenvalue weighted by atomic mass is 10.2. The molecule has 2 aromatic rings. The third kappa shape index (κ3) is 7.16. The van der Waals surface area contributed by atoms with E-state index in [0.29, 0.717) is 15.0 Å². The van der Waals surface area contributed by atoms with Crippen LogP contribution in [0.1, 0.15) is 13.8 Å². The number of nitrogens with zero attached hydrogens (tertiary/aromatic N) is 1. The maximum atomic E-state index is 10.4. The number of rotatable bonds is 3. The Kier molecular flexibility index (Phi) is 9.38. The molecule has 3 N–H and O–H groups in total. The monoisotopic (exact) mass is 663 g/mol. The number of nitrogen functional groups attached to an aromatic ring is 1. The van der Waals surface area contributed by atoms with E-state index in [1.54, 1.807) is 6.07 Å². The number of nitrogens with one attached hydrogen (secondary N) is 1. The molecular weight excluding hydrogens is 654 g/mol. The molecule has 0 aliphatic carbocycles. The molecule has 10 heteroatoms. The average Bonchev–Trinajstić information content (AvgIpc) is 2.48. The molecule has 0 atom stereocenters. The van der Waals surface area contributed by atoms with Gasteiger partial charge in [-0.05, 0) is 112 Å². The van der Waals surface area contributed by atoms with Crippen LogP contribution < -0.4 is 11.1 Å². The summed E-state index contributed by atoms with van der Waals surface area (Å²) < 4.78 is 3.88. The first kappa shape index (κ1) is 22.9. The van der Waals surface area contributed by atoms with Crippen LogP contribution >= 0.6 is 79.6 Å². The summed E-state index contributed by atoms with van der Waals surface area (Å²) in [7, 11) is 0. The standard InChI is InChI=1S/C9H12Br2N2.C6H2Br3NO2/c1-5(2)13-9-4-7(11)6(10)3-8(9)12;7-3-1-5(9)6(10(11)12)2-4(3)8/h3-5,13H,12H2,1-2H3;1-2H. The minimum Gasteiger partial charge on any atom is -0.397 e. The number of nitro benzene ring substituents is 1. The topological polar surface area (TPSA) is 81.2 Å². The van der Waals surface area contributed by atoms with E-state index in [9.17, 15) is 10.1 Å². The van der Waals surface area contributed by atoms with Crippen molar-refractivity contribution in [2.45, 2.75) is 19.9 Å². The van der Waals surface area contributed by atoms with Crippen molar-refractivity contribution in [3.63, 3.8) is 0 Å². The second-order valence-corrected chi connectivity index (χ2v) is 9.40. The zero-order valence-electron chi connectivity index (χ0n) is 13.1. The Morgan fingerprint density at radius 1 is 0.920 bits per heavy atom. The van der Waals surface area contributed by atoms with Gasteiger partial charge in [-0.3, -0.25) is 10.1 Å². The SMILES string of the molecule is CC(C)Nc1cc(Br)c(Br)cc1N.O=[N+]([O-])c1cc(Br)c(Br)cc1Br. The van der Waals surface area contributed by atoms with Crippen molar-refractivity contribution in [1.29, 1.82) is 0 Å². The van der Waals surface area contributed by atoms with Gasteiger partial charge in [-0.2, -0.15) is 0 Å². The van der Waals surface area contributed by atoms with Gasteiger partial charge in [0.2, 0.25) is 0 Å². The van der Waals surface area contributed by atoms with Crippen molar-refractivity contribution in [2.24, 2.45) is 0 Å². The van der Waals surface area contributed by atoms with E-state index in [2.05, 4.69) is 98.8 Å². The van der Waals surface area contributed by atoms with Gasteiger partial charge in [0.1, 0.15) is 0 Å². The molecule has 0 saturated carbocycles. The number of anilines is 2. The van der Waals surface area contributed by atoms with E-state index in [-0.39, 0.29) is 5.69 Å². The number of hydrogen-bond donors (Lipinski definition) is 2. The van der Waals surface area contributed by atoms with E-state index in [1.165, 1.54) is 6.07 Å². The number of nitrogens with two attached hydrogens (primary N) is 1. The predicted octanol–water partition coefficient (Wildman–Crippen LogP) is 7.50. The Bertz CT molecular complexity index is 784. The molecule has 25 heavy (non-hydrogen) atoms. The Morgan fingerprint density at radius 2 is 1.40 bits per heavy atom. The first-order chi connectivity index (χ1) is 11.5. The highest BCUT2D eigenvalue weighted by atomic mass is 79.9. The van der Waals surface area contributed by atoms with Crippen LogP contribution in [0.2, 0.25) is 0 Å². The minimum atomic E-state index is -0.443. The maximum absolute atomic E-state index is 10.4. The molecule has 0 spiro atoms. The molecule has 0 aromatic heterocycles. The molecule has 5 nitrogen and oxygen atoms in total. The van der Waals surface area contributed by atoms with Crippen molar-refractivity contribution in [3.05, 3.63) is 56.7 Å². The van der Waals surface area contributed by atoms with Gasteiger partial charge in [-0.1, -0.05) is 0 Å². The van der Waals surface area contributed by atoms with Crippen LogP contribution in [0.25, 0.3) is 0 Å². The smallest absolute Gasteiger partial charge is 0.284 e. The molecule has 2 rings (SSSR count). The van der Waals surface area contributed by atoms with Gasteiger partial charge in [0.15, 0.2) is 0 Å². The molecule has 0 fully saturated rings. The van der Waals surface area contributed by atoms with Gasteiger partial charge in [0, 0.05) is 30.0 Å². The van der Waals surface area contributed by atoms with Gasteiger partial charge in [0.05, 0.1) is 20.8 Å². The third-order valence-electron chi connectivity index (χ3n) is 2.72. The maximum Gasteiger partial charge on any atom is 0.284 e. The van der Waals surface area contributed by atoms with Gasteiger partial charge in [0.25, 0.3) is 5.69 Å². The second-order valence-electron chi connectivity index (χ2n) is 5.13. The van der Waals surface area contributed by atoms with Crippen LogP contribution in [0.5, 0.6) is 0 Å². The largest absolute Gasteiger partial charge is 0.397 e. The lowest BCUT2D eigenvalue weighted by Crippen LogP contribution is -2.11. The molecule has 0 heterocycles. The number of benzene rings is 2. The van der Waals surface area contributed by atoms with Crippen LogP contribution in [-0.4, -0.2) is 11.0 Å². The Balaban J connectivity index is 0.000000251. The van der Waals surface area contributed by atoms with Gasteiger partial charge >= 0.3 is 0 Å². The first-order valence-corrected chi connectivity index (χ1v) is 10.8. The molecule has 2 aromatic carbocycles. The summed E-state index contributed by atoms with van der Waals surface area (Å²) in [4.78, 5) is 9.98. The van der Waals surface area contributed by atoms with Crippen molar-refractivity contribution in [1.82, 2.24) is 0 Å². The van der Waals surface area contributed by atoms with Crippen LogP contribution in [0.3, 0.4) is 0 Å². The normalized spacial score (nSPS) is 10.2. The highest BCUT2D eigenvalue weighted by molar-refractivity contribution is 9.13. The molecule has 0 saturated heterocycles. The lowest BCUT2D eigenvalue weighted by Gasteiger charge is -2.13. The van der Waals surface area contributed by atoms with Crippen molar-refractivity contribution in [2.75, 3.05) is 11.1 Å². The van der Waals surface area contributed by atoms with Gasteiger partial charge in [-0.25, -0.2) is 0 Å². The second kappa shape index (κ2) is 10.2. The fourth-order valence-corrected chi connectivity index (χ4v) is 3.82. The van der Waals surface area contributed by atoms with E-state index in [4.69, 9.17) is 5.73 Å². The highest BCUT2D eigenvalue weighted by Crippen LogP contribution is 2.34. The highest BCUT2D eigenvalue weighted by Gasteiger charge is 2.13. The van der Waals surface area contributed by atoms with Crippen LogP contribution in [-0.2, 0) is 0 Å². The van der Waals surface area contributed by atoms with Crippen molar-refractivity contribution in [3.8, 4) is 0 Å². The lowest BCUT2D eigenvalue weighted by molar-refractivity contribution is -0.385. The Labute approximate surface area is 187 Å². The van der Waals surface area contributed by atoms with Crippen LogP contribution in [0, 0.1) is 10.1 Å². The first-order valence-electron chi connectivity index (χ1n) is 6.83. The number of halogens is 5. The molecule has 0 aliphatic heterocycles. The molecule has 0 amide bonds. The minimum absolute atomic E-state index is 0.0464. The van der Waals surface area contributed by atoms with E-state index < -0.39 is 4.92 Å². The summed E-state index contributed by atoms with van der Waals surface area (Å²) in [6.45, 7) is 4.16. The summed E-state index contributed by atoms with van der Waals surface area (Å²) in [6.07, 6.45) is 0. The third-order valence-corrected chi connectivity index (χ3v) is 7.05. The summed E-state index contributed by atoms with van der Waals surface area (Å²) in [5.41, 5.74) is 7.59. The fraction of sp³-hybridized carbons (Fsp3) is 0.200. The average molecular weight is 668 g/mol. The molecular formula is C15H14Br5N3O2. The van der Waals surface area contributed by atoms with Crippen molar-refractivity contribution < 1.29 is 4.92 Å². The molecule has 136 valence electrons. The summed E-state index contributed by atoms with van der Waals surface area (Å²) in [5, 5.41) is 13.7. The fourth-order valence-electron chi connectivity index (χ4n) is 1.65. The summed E-state index contributed by atoms with van der Waals surface area (Å²) >= 11 is 16.3.